The number of rotatable bonds is 9. The summed E-state index contributed by atoms with van der Waals surface area (Å²) in [7, 11) is 0. The van der Waals surface area contributed by atoms with Crippen molar-refractivity contribution in [2.45, 2.75) is 51.1 Å². The van der Waals surface area contributed by atoms with E-state index in [2.05, 4.69) is 9.88 Å². The molecule has 206 valence electrons. The van der Waals surface area contributed by atoms with E-state index < -0.39 is 4.92 Å². The maximum absolute atomic E-state index is 14.0. The zero-order valence-corrected chi connectivity index (χ0v) is 23.2. The molecule has 2 aromatic heterocycles. The summed E-state index contributed by atoms with van der Waals surface area (Å²) < 4.78 is 2.01. The molecular weight excluding hydrogens is 539 g/mol. The molecule has 0 spiro atoms. The summed E-state index contributed by atoms with van der Waals surface area (Å²) in [6.45, 7) is 4.52. The molecule has 2 aliphatic rings. The molecule has 39 heavy (non-hydrogen) atoms. The number of aromatic nitrogens is 2. The van der Waals surface area contributed by atoms with Crippen LogP contribution in [0.2, 0.25) is 10.0 Å². The number of amides is 1. The van der Waals surface area contributed by atoms with Crippen LogP contribution in [0.1, 0.15) is 48.2 Å². The van der Waals surface area contributed by atoms with Gasteiger partial charge in [-0.25, -0.2) is 4.98 Å². The second-order valence-electron chi connectivity index (χ2n) is 10.3. The van der Waals surface area contributed by atoms with Crippen LogP contribution in [0.5, 0.6) is 0 Å². The van der Waals surface area contributed by atoms with Crippen LogP contribution in [0.15, 0.2) is 42.7 Å². The van der Waals surface area contributed by atoms with Crippen molar-refractivity contribution in [2.24, 2.45) is 0 Å². The van der Waals surface area contributed by atoms with E-state index in [1.165, 1.54) is 18.9 Å². The Morgan fingerprint density at radius 2 is 1.87 bits per heavy atom. The highest BCUT2D eigenvalue weighted by Crippen LogP contribution is 2.35. The number of pyridine rings is 1. The number of carbonyl (C=O) groups is 1. The summed E-state index contributed by atoms with van der Waals surface area (Å²) in [6, 6.07) is 8.57. The molecule has 2 N–H and O–H groups in total. The van der Waals surface area contributed by atoms with Crippen molar-refractivity contribution in [3.05, 3.63) is 74.1 Å². The molecule has 4 heterocycles. The largest absolute Gasteiger partial charge is 0.378 e. The summed E-state index contributed by atoms with van der Waals surface area (Å²) in [5.74, 6) is -0.0543. The minimum atomic E-state index is -0.538. The number of nitrogen functional groups attached to an aromatic ring is 1. The number of halogens is 2. The highest BCUT2D eigenvalue weighted by molar-refractivity contribution is 6.36. The average Bonchev–Trinajstić information content (AvgIpc) is 3.66. The number of anilines is 1. The number of nitro groups is 1. The summed E-state index contributed by atoms with van der Waals surface area (Å²) >= 11 is 12.8. The zero-order valence-electron chi connectivity index (χ0n) is 21.7. The first-order valence-corrected chi connectivity index (χ1v) is 14.1. The number of hydrogen-bond donors (Lipinski definition) is 1. The fraction of sp³-hybridized carbons (Fsp3) is 0.429. The number of nitrogens with zero attached hydrogens (tertiary/aromatic N) is 5. The van der Waals surface area contributed by atoms with Gasteiger partial charge in [-0.15, -0.1) is 0 Å². The molecule has 0 unspecified atom stereocenters. The van der Waals surface area contributed by atoms with Gasteiger partial charge >= 0.3 is 5.69 Å². The topological polar surface area (TPSA) is 111 Å². The van der Waals surface area contributed by atoms with E-state index >= 15 is 0 Å². The van der Waals surface area contributed by atoms with Crippen molar-refractivity contribution in [1.29, 1.82) is 0 Å². The standard InChI is InChI=1S/C28H32Cl2N6O3/c29-19-7-9-22(25(30)15-19)23-17-34(13-3-5-20-8-10-26(36(38)39)27(31)32-20)18-24(23)28(37)35-14-4-6-21(35)16-33-11-1-2-12-33/h7-10,15,17-18,21H,1-6,11-14,16H2,(H2,31,32)/t21-/m0/s1. The molecule has 0 saturated carbocycles. The fourth-order valence-corrected chi connectivity index (χ4v) is 6.20. The second kappa shape index (κ2) is 11.9. The lowest BCUT2D eigenvalue weighted by atomic mass is 10.0. The monoisotopic (exact) mass is 570 g/mol. The van der Waals surface area contributed by atoms with Crippen molar-refractivity contribution in [3.8, 4) is 11.1 Å². The molecule has 0 bridgehead atoms. The first kappa shape index (κ1) is 27.4. The molecular formula is C28H32Cl2N6O3. The molecule has 2 aliphatic heterocycles. The van der Waals surface area contributed by atoms with Crippen LogP contribution in [0, 0.1) is 10.1 Å². The van der Waals surface area contributed by atoms with Crippen LogP contribution < -0.4 is 5.73 Å². The minimum Gasteiger partial charge on any atom is -0.378 e. The third kappa shape index (κ3) is 6.21. The number of hydrogen-bond acceptors (Lipinski definition) is 6. The summed E-state index contributed by atoms with van der Waals surface area (Å²) in [5, 5.41) is 12.0. The predicted molar refractivity (Wildman–Crippen MR) is 153 cm³/mol. The Morgan fingerprint density at radius 1 is 1.08 bits per heavy atom. The van der Waals surface area contributed by atoms with Crippen LogP contribution in [-0.2, 0) is 13.0 Å². The Kier molecular flexibility index (Phi) is 8.40. The van der Waals surface area contributed by atoms with Crippen molar-refractivity contribution < 1.29 is 9.72 Å². The summed E-state index contributed by atoms with van der Waals surface area (Å²) in [6.07, 6.45) is 9.65. The SMILES string of the molecule is Nc1nc(CCCn2cc(C(=O)N3CCC[C@H]3CN3CCCC3)c(-c3ccc(Cl)cc3Cl)c2)ccc1[N+](=O)[O-]. The van der Waals surface area contributed by atoms with Gasteiger partial charge in [0.05, 0.1) is 10.5 Å². The Bertz CT molecular complexity index is 1370. The van der Waals surface area contributed by atoms with Crippen molar-refractivity contribution in [3.63, 3.8) is 0 Å². The molecule has 1 atom stereocenters. The molecule has 11 heteroatoms. The molecule has 9 nitrogen and oxygen atoms in total. The molecule has 1 amide bonds. The van der Waals surface area contributed by atoms with Gasteiger partial charge in [-0.05, 0) is 69.8 Å². The van der Waals surface area contributed by atoms with Crippen molar-refractivity contribution >= 4 is 40.6 Å². The lowest BCUT2D eigenvalue weighted by Gasteiger charge is -2.28. The second-order valence-corrected chi connectivity index (χ2v) is 11.2. The van der Waals surface area contributed by atoms with Gasteiger partial charge < -0.3 is 20.1 Å². The number of benzene rings is 1. The van der Waals surface area contributed by atoms with E-state index in [9.17, 15) is 14.9 Å². The maximum atomic E-state index is 14.0. The zero-order chi connectivity index (χ0) is 27.5. The van der Waals surface area contributed by atoms with E-state index in [4.69, 9.17) is 28.9 Å². The van der Waals surface area contributed by atoms with E-state index in [1.54, 1.807) is 18.2 Å². The van der Waals surface area contributed by atoms with Gasteiger partial charge in [-0.1, -0.05) is 29.3 Å². The maximum Gasteiger partial charge on any atom is 0.311 e. The summed E-state index contributed by atoms with van der Waals surface area (Å²) in [4.78, 5) is 33.1. The van der Waals surface area contributed by atoms with E-state index in [0.29, 0.717) is 40.7 Å². The molecule has 0 aliphatic carbocycles. The van der Waals surface area contributed by atoms with Gasteiger partial charge in [0.1, 0.15) is 0 Å². The lowest BCUT2D eigenvalue weighted by molar-refractivity contribution is -0.384. The van der Waals surface area contributed by atoms with Gasteiger partial charge in [0, 0.05) is 71.0 Å². The fourth-order valence-electron chi connectivity index (χ4n) is 5.69. The lowest BCUT2D eigenvalue weighted by Crippen LogP contribution is -2.42. The Hall–Kier alpha value is -3.14. The first-order valence-electron chi connectivity index (χ1n) is 13.4. The molecule has 5 rings (SSSR count). The van der Waals surface area contributed by atoms with Crippen LogP contribution >= 0.6 is 23.2 Å². The summed E-state index contributed by atoms with van der Waals surface area (Å²) in [5.41, 5.74) is 8.42. The highest BCUT2D eigenvalue weighted by atomic mass is 35.5. The van der Waals surface area contributed by atoms with Crippen LogP contribution in [-0.4, -0.2) is 62.4 Å². The van der Waals surface area contributed by atoms with Gasteiger partial charge in [0.25, 0.3) is 5.91 Å². The number of carbonyl (C=O) groups excluding carboxylic acids is 1. The quantitative estimate of drug-likeness (QED) is 0.261. The number of nitrogens with two attached hydrogens (primary N) is 1. The van der Waals surface area contributed by atoms with Gasteiger partial charge in [-0.3, -0.25) is 14.9 Å². The van der Waals surface area contributed by atoms with E-state index in [-0.39, 0.29) is 23.5 Å². The molecule has 1 aromatic carbocycles. The third-order valence-electron chi connectivity index (χ3n) is 7.64. The van der Waals surface area contributed by atoms with Gasteiger partial charge in [0.15, 0.2) is 0 Å². The highest BCUT2D eigenvalue weighted by Gasteiger charge is 2.33. The number of likely N-dealkylation sites (tertiary alicyclic amines) is 2. The Labute approximate surface area is 237 Å². The first-order chi connectivity index (χ1) is 18.8. The van der Waals surface area contributed by atoms with Gasteiger partial charge in [0.2, 0.25) is 5.82 Å². The van der Waals surface area contributed by atoms with Crippen molar-refractivity contribution in [2.75, 3.05) is 31.9 Å². The van der Waals surface area contributed by atoms with E-state index in [0.717, 1.165) is 50.1 Å². The minimum absolute atomic E-state index is 0.0290. The number of aryl methyl sites for hydroxylation is 2. The Morgan fingerprint density at radius 3 is 2.59 bits per heavy atom. The van der Waals surface area contributed by atoms with E-state index in [1.807, 2.05) is 27.9 Å². The van der Waals surface area contributed by atoms with Crippen molar-refractivity contribution in [1.82, 2.24) is 19.4 Å². The average molecular weight is 572 g/mol. The normalized spacial score (nSPS) is 17.7. The molecule has 2 saturated heterocycles. The smallest absolute Gasteiger partial charge is 0.311 e. The third-order valence-corrected chi connectivity index (χ3v) is 8.19. The molecule has 3 aromatic rings. The van der Waals surface area contributed by atoms with Crippen LogP contribution in [0.4, 0.5) is 11.5 Å². The van der Waals surface area contributed by atoms with Crippen LogP contribution in [0.25, 0.3) is 11.1 Å². The molecule has 0 radical (unpaired) electrons. The predicted octanol–water partition coefficient (Wildman–Crippen LogP) is 5.68. The van der Waals surface area contributed by atoms with Crippen LogP contribution in [0.3, 0.4) is 0 Å². The van der Waals surface area contributed by atoms with Gasteiger partial charge in [-0.2, -0.15) is 0 Å². The molecule has 2 fully saturated rings. The Balaban J connectivity index is 1.37.